The van der Waals surface area contributed by atoms with Crippen molar-refractivity contribution in [3.8, 4) is 5.75 Å². The normalized spacial score (nSPS) is 20.2. The molecule has 0 saturated carbocycles. The molecule has 4 amide bonds. The van der Waals surface area contributed by atoms with E-state index in [1.165, 1.54) is 9.80 Å². The van der Waals surface area contributed by atoms with Gasteiger partial charge in [0.15, 0.2) is 0 Å². The summed E-state index contributed by atoms with van der Waals surface area (Å²) in [5.74, 6) is -1.18. The van der Waals surface area contributed by atoms with Crippen LogP contribution < -0.4 is 11.1 Å². The molecule has 40 heavy (non-hydrogen) atoms. The highest BCUT2D eigenvalue weighted by atomic mass is 16.3. The van der Waals surface area contributed by atoms with Crippen LogP contribution in [0.25, 0.3) is 0 Å². The Balaban J connectivity index is 1.54. The molecule has 2 aromatic carbocycles. The summed E-state index contributed by atoms with van der Waals surface area (Å²) in [5.41, 5.74) is 7.36. The molecule has 2 aromatic rings. The van der Waals surface area contributed by atoms with Crippen LogP contribution in [0.5, 0.6) is 5.75 Å². The predicted octanol–water partition coefficient (Wildman–Crippen LogP) is 1.06. The molecule has 0 unspecified atom stereocenters. The number of carbonyl (C=O) groups is 4. The van der Waals surface area contributed by atoms with Gasteiger partial charge in [-0.25, -0.2) is 0 Å². The van der Waals surface area contributed by atoms with E-state index >= 15 is 0 Å². The Morgan fingerprint density at radius 3 is 2.08 bits per heavy atom. The maximum Gasteiger partial charge on any atom is 0.246 e. The number of likely N-dealkylation sites (N-methyl/N-ethyl adjacent to an activating group) is 2. The topological polar surface area (TPSA) is 136 Å². The quantitative estimate of drug-likeness (QED) is 0.406. The monoisotopic (exact) mass is 549 g/mol. The van der Waals surface area contributed by atoms with Crippen LogP contribution in [0.3, 0.4) is 0 Å². The second kappa shape index (κ2) is 13.0. The lowest BCUT2D eigenvalue weighted by Crippen LogP contribution is -2.58. The summed E-state index contributed by atoms with van der Waals surface area (Å²) in [6.45, 7) is 0.860. The van der Waals surface area contributed by atoms with Gasteiger partial charge in [0.1, 0.15) is 23.9 Å². The molecule has 4 rings (SSSR count). The van der Waals surface area contributed by atoms with Gasteiger partial charge in [-0.05, 0) is 62.4 Å². The number of rotatable bonds is 10. The number of primary amides is 1. The van der Waals surface area contributed by atoms with Gasteiger partial charge in [-0.1, -0.05) is 42.5 Å². The summed E-state index contributed by atoms with van der Waals surface area (Å²) in [5, 5.41) is 12.7. The number of nitrogens with one attached hydrogen (secondary N) is 1. The summed E-state index contributed by atoms with van der Waals surface area (Å²) >= 11 is 0. The average molecular weight is 550 g/mol. The molecular formula is C30H39N5O5. The maximum absolute atomic E-state index is 14.0. The van der Waals surface area contributed by atoms with Crippen molar-refractivity contribution in [2.75, 3.05) is 27.2 Å². The largest absolute Gasteiger partial charge is 0.508 e. The molecular weight excluding hydrogens is 510 g/mol. The van der Waals surface area contributed by atoms with E-state index in [2.05, 4.69) is 5.32 Å². The minimum absolute atomic E-state index is 0.153. The van der Waals surface area contributed by atoms with Gasteiger partial charge >= 0.3 is 0 Å². The fourth-order valence-corrected chi connectivity index (χ4v) is 5.80. The fraction of sp³-hybridized carbons (Fsp3) is 0.467. The molecule has 10 nitrogen and oxygen atoms in total. The number of hydrogen-bond acceptors (Lipinski definition) is 6. The van der Waals surface area contributed by atoms with E-state index < -0.39 is 30.1 Å². The molecule has 0 aromatic heterocycles. The van der Waals surface area contributed by atoms with Crippen LogP contribution in [0.15, 0.2) is 54.6 Å². The van der Waals surface area contributed by atoms with Crippen molar-refractivity contribution < 1.29 is 24.3 Å². The standard InChI is InChI=1S/C30H39N5O5/c1-32-23(18-21-12-14-22(36)15-13-21)28(38)35-17-7-11-25(35)29(39)33(2)26(19-20-8-4-3-5-9-20)30(40)34-16-6-10-24(34)27(31)37/h3-5,8-9,12-15,23-26,32,36H,6-7,10-11,16-19H2,1-2H3,(H2,31,37)/t23-,24+,25-,26-/m0/s1. The Morgan fingerprint density at radius 2 is 1.48 bits per heavy atom. The van der Waals surface area contributed by atoms with Crippen LogP contribution in [0.4, 0.5) is 0 Å². The first-order valence-corrected chi connectivity index (χ1v) is 13.9. The lowest BCUT2D eigenvalue weighted by atomic mass is 10.0. The zero-order valence-electron chi connectivity index (χ0n) is 23.2. The molecule has 0 radical (unpaired) electrons. The third-order valence-electron chi connectivity index (χ3n) is 8.08. The van der Waals surface area contributed by atoms with Crippen molar-refractivity contribution in [1.82, 2.24) is 20.0 Å². The summed E-state index contributed by atoms with van der Waals surface area (Å²) < 4.78 is 0. The summed E-state index contributed by atoms with van der Waals surface area (Å²) in [4.78, 5) is 58.0. The zero-order valence-corrected chi connectivity index (χ0v) is 23.2. The van der Waals surface area contributed by atoms with Gasteiger partial charge in [0.2, 0.25) is 23.6 Å². The molecule has 10 heteroatoms. The zero-order chi connectivity index (χ0) is 28.8. The molecule has 2 aliphatic heterocycles. The first-order valence-electron chi connectivity index (χ1n) is 13.9. The third-order valence-corrected chi connectivity index (χ3v) is 8.08. The molecule has 0 spiro atoms. The van der Waals surface area contributed by atoms with Crippen LogP contribution in [-0.2, 0) is 32.0 Å². The number of phenols is 1. The van der Waals surface area contributed by atoms with E-state index in [-0.39, 0.29) is 29.9 Å². The van der Waals surface area contributed by atoms with E-state index in [0.29, 0.717) is 45.2 Å². The summed E-state index contributed by atoms with van der Waals surface area (Å²) in [6.07, 6.45) is 3.05. The van der Waals surface area contributed by atoms with Crippen LogP contribution in [0, 0.1) is 0 Å². The minimum atomic E-state index is -0.843. The molecule has 0 bridgehead atoms. The van der Waals surface area contributed by atoms with Gasteiger partial charge in [0.05, 0.1) is 6.04 Å². The average Bonchev–Trinajstić information content (AvgIpc) is 3.65. The predicted molar refractivity (Wildman–Crippen MR) is 150 cm³/mol. The number of aromatic hydroxyl groups is 1. The van der Waals surface area contributed by atoms with Crippen molar-refractivity contribution in [2.45, 2.75) is 62.7 Å². The second-order valence-corrected chi connectivity index (χ2v) is 10.6. The van der Waals surface area contributed by atoms with E-state index in [1.807, 2.05) is 30.3 Å². The molecule has 4 atom stereocenters. The lowest BCUT2D eigenvalue weighted by Gasteiger charge is -2.36. The highest BCUT2D eigenvalue weighted by molar-refractivity contribution is 5.95. The maximum atomic E-state index is 14.0. The van der Waals surface area contributed by atoms with Crippen molar-refractivity contribution in [1.29, 1.82) is 0 Å². The lowest BCUT2D eigenvalue weighted by molar-refractivity contribution is -0.151. The SMILES string of the molecule is CN[C@@H](Cc1ccc(O)cc1)C(=O)N1CCC[C@H]1C(=O)N(C)[C@@H](Cc1ccccc1)C(=O)N1CCC[C@@H]1C(N)=O. The van der Waals surface area contributed by atoms with Gasteiger partial charge in [-0.15, -0.1) is 0 Å². The number of phenolic OH excluding ortho intramolecular Hbond substituents is 1. The van der Waals surface area contributed by atoms with Crippen molar-refractivity contribution in [2.24, 2.45) is 5.73 Å². The number of amides is 4. The number of carbonyl (C=O) groups excluding carboxylic acids is 4. The van der Waals surface area contributed by atoms with Crippen LogP contribution in [0.1, 0.15) is 36.8 Å². The van der Waals surface area contributed by atoms with Gasteiger partial charge in [-0.3, -0.25) is 19.2 Å². The minimum Gasteiger partial charge on any atom is -0.508 e. The van der Waals surface area contributed by atoms with Gasteiger partial charge in [0, 0.05) is 26.6 Å². The Hall–Kier alpha value is -3.92. The molecule has 2 saturated heterocycles. The Kier molecular flexibility index (Phi) is 9.42. The van der Waals surface area contributed by atoms with E-state index in [4.69, 9.17) is 5.73 Å². The van der Waals surface area contributed by atoms with E-state index in [0.717, 1.165) is 11.1 Å². The molecule has 0 aliphatic carbocycles. The number of likely N-dealkylation sites (tertiary alicyclic amines) is 2. The number of benzene rings is 2. The third kappa shape index (κ3) is 6.44. The number of nitrogens with zero attached hydrogens (tertiary/aromatic N) is 3. The first kappa shape index (κ1) is 29.1. The summed E-state index contributed by atoms with van der Waals surface area (Å²) in [7, 11) is 3.32. The van der Waals surface area contributed by atoms with Crippen LogP contribution in [0.2, 0.25) is 0 Å². The highest BCUT2D eigenvalue weighted by Crippen LogP contribution is 2.25. The Labute approximate surface area is 235 Å². The molecule has 2 aliphatic rings. The highest BCUT2D eigenvalue weighted by Gasteiger charge is 2.43. The molecule has 4 N–H and O–H groups in total. The number of nitrogens with two attached hydrogens (primary N) is 1. The van der Waals surface area contributed by atoms with Gasteiger partial charge < -0.3 is 30.9 Å². The van der Waals surface area contributed by atoms with Crippen molar-refractivity contribution in [3.05, 3.63) is 65.7 Å². The number of hydrogen-bond donors (Lipinski definition) is 3. The van der Waals surface area contributed by atoms with Crippen molar-refractivity contribution >= 4 is 23.6 Å². The Morgan fingerprint density at radius 1 is 0.900 bits per heavy atom. The molecule has 2 heterocycles. The molecule has 2 fully saturated rings. The van der Waals surface area contributed by atoms with Crippen molar-refractivity contribution in [3.63, 3.8) is 0 Å². The second-order valence-electron chi connectivity index (χ2n) is 10.6. The van der Waals surface area contributed by atoms with E-state index in [9.17, 15) is 24.3 Å². The van der Waals surface area contributed by atoms with Crippen LogP contribution >= 0.6 is 0 Å². The smallest absolute Gasteiger partial charge is 0.246 e. The van der Waals surface area contributed by atoms with Gasteiger partial charge in [-0.2, -0.15) is 0 Å². The fourth-order valence-electron chi connectivity index (χ4n) is 5.80. The van der Waals surface area contributed by atoms with Crippen LogP contribution in [-0.4, -0.2) is 94.8 Å². The van der Waals surface area contributed by atoms with E-state index in [1.54, 1.807) is 43.3 Å². The Bertz CT molecular complexity index is 1200. The van der Waals surface area contributed by atoms with Gasteiger partial charge in [0.25, 0.3) is 0 Å². The summed E-state index contributed by atoms with van der Waals surface area (Å²) in [6, 6.07) is 13.4. The first-order chi connectivity index (χ1) is 19.2. The molecule has 214 valence electrons.